The maximum absolute atomic E-state index is 12.1. The van der Waals surface area contributed by atoms with Gasteiger partial charge in [0.25, 0.3) is 5.91 Å². The molecule has 0 spiro atoms. The second kappa shape index (κ2) is 7.61. The average molecular weight is 377 g/mol. The van der Waals surface area contributed by atoms with E-state index in [0.717, 1.165) is 5.56 Å². The molecule has 136 valence electrons. The van der Waals surface area contributed by atoms with Crippen molar-refractivity contribution in [1.82, 2.24) is 10.3 Å². The van der Waals surface area contributed by atoms with E-state index in [1.54, 1.807) is 32.0 Å². The summed E-state index contributed by atoms with van der Waals surface area (Å²) >= 11 is 6.00. The lowest BCUT2D eigenvalue weighted by molar-refractivity contribution is -0.124. The molecule has 0 radical (unpaired) electrons. The van der Waals surface area contributed by atoms with E-state index in [4.69, 9.17) is 25.8 Å². The van der Waals surface area contributed by atoms with Gasteiger partial charge in [0.2, 0.25) is 6.79 Å². The molecule has 0 fully saturated rings. The topological polar surface area (TPSA) is 86.8 Å². The number of amides is 1. The fraction of sp³-hybridized carbons (Fsp3) is 0.278. The normalized spacial score (nSPS) is 12.0. The quantitative estimate of drug-likeness (QED) is 0.637. The summed E-state index contributed by atoms with van der Waals surface area (Å²) in [6.07, 6.45) is 0. The molecule has 2 aromatic rings. The number of carbonyl (C=O) groups is 2. The number of esters is 1. The fourth-order valence-corrected chi connectivity index (χ4v) is 2.90. The monoisotopic (exact) mass is 376 g/mol. The molecule has 1 aromatic heterocycles. The number of aromatic nitrogens is 1. The van der Waals surface area contributed by atoms with Crippen LogP contribution < -0.4 is 14.8 Å². The molecule has 1 aromatic carbocycles. The minimum absolute atomic E-state index is 0.0632. The Morgan fingerprint density at radius 2 is 2.00 bits per heavy atom. The first kappa shape index (κ1) is 18.0. The van der Waals surface area contributed by atoms with Gasteiger partial charge in [-0.05, 0) is 43.2 Å². The van der Waals surface area contributed by atoms with E-state index >= 15 is 0 Å². The molecule has 0 unspecified atom stereocenters. The molecule has 0 saturated heterocycles. The molecule has 1 aliphatic rings. The van der Waals surface area contributed by atoms with Gasteiger partial charge in [0.15, 0.2) is 18.1 Å². The third kappa shape index (κ3) is 4.05. The third-order valence-corrected chi connectivity index (χ3v) is 4.04. The minimum atomic E-state index is -0.682. The van der Waals surface area contributed by atoms with Crippen molar-refractivity contribution in [3.05, 3.63) is 51.8 Å². The van der Waals surface area contributed by atoms with Crippen LogP contribution in [0, 0.1) is 13.8 Å². The number of benzene rings is 1. The highest BCUT2D eigenvalue weighted by Gasteiger charge is 2.18. The van der Waals surface area contributed by atoms with Crippen molar-refractivity contribution in [3.8, 4) is 11.5 Å². The van der Waals surface area contributed by atoms with Gasteiger partial charge in [0.1, 0.15) is 5.15 Å². The number of ether oxygens (including phenoxy) is 3. The highest BCUT2D eigenvalue weighted by Crippen LogP contribution is 2.32. The molecule has 0 atom stereocenters. The Hall–Kier alpha value is -2.80. The van der Waals surface area contributed by atoms with Gasteiger partial charge in [0, 0.05) is 12.2 Å². The number of pyridine rings is 1. The van der Waals surface area contributed by atoms with E-state index in [1.807, 2.05) is 6.07 Å². The summed E-state index contributed by atoms with van der Waals surface area (Å²) < 4.78 is 15.5. The minimum Gasteiger partial charge on any atom is -0.454 e. The molecule has 1 aliphatic heterocycles. The first-order valence-corrected chi connectivity index (χ1v) is 8.28. The lowest BCUT2D eigenvalue weighted by atomic mass is 10.1. The molecule has 1 N–H and O–H groups in total. The predicted molar refractivity (Wildman–Crippen MR) is 93.4 cm³/mol. The number of halogens is 1. The summed E-state index contributed by atoms with van der Waals surface area (Å²) in [7, 11) is 0. The Kier molecular flexibility index (Phi) is 5.27. The van der Waals surface area contributed by atoms with E-state index in [2.05, 4.69) is 10.3 Å². The SMILES string of the molecule is Cc1cc(C)c(C(=O)OCC(=O)NCc2ccc3c(c2)OCO3)c(Cl)n1. The van der Waals surface area contributed by atoms with Crippen LogP contribution in [0.1, 0.15) is 27.2 Å². The zero-order valence-corrected chi connectivity index (χ0v) is 15.1. The Bertz CT molecular complexity index is 846. The van der Waals surface area contributed by atoms with E-state index in [-0.39, 0.29) is 24.1 Å². The van der Waals surface area contributed by atoms with Gasteiger partial charge >= 0.3 is 5.97 Å². The number of nitrogens with one attached hydrogen (secondary N) is 1. The van der Waals surface area contributed by atoms with Crippen LogP contribution in [-0.4, -0.2) is 30.3 Å². The van der Waals surface area contributed by atoms with Crippen LogP contribution in [0.25, 0.3) is 0 Å². The van der Waals surface area contributed by atoms with Crippen molar-refractivity contribution in [1.29, 1.82) is 0 Å². The lowest BCUT2D eigenvalue weighted by Gasteiger charge is -2.10. The van der Waals surface area contributed by atoms with Crippen molar-refractivity contribution in [2.75, 3.05) is 13.4 Å². The van der Waals surface area contributed by atoms with Gasteiger partial charge in [-0.2, -0.15) is 0 Å². The van der Waals surface area contributed by atoms with Crippen molar-refractivity contribution < 1.29 is 23.8 Å². The fourth-order valence-electron chi connectivity index (χ4n) is 2.54. The average Bonchev–Trinajstić information content (AvgIpc) is 3.05. The third-order valence-electron chi connectivity index (χ3n) is 3.77. The first-order valence-electron chi connectivity index (χ1n) is 7.90. The van der Waals surface area contributed by atoms with Crippen molar-refractivity contribution in [2.45, 2.75) is 20.4 Å². The van der Waals surface area contributed by atoms with Crippen LogP contribution in [0.2, 0.25) is 5.15 Å². The second-order valence-corrected chi connectivity index (χ2v) is 6.14. The summed E-state index contributed by atoms with van der Waals surface area (Å²) in [5.41, 5.74) is 2.36. The maximum Gasteiger partial charge on any atom is 0.342 e. The molecule has 7 nitrogen and oxygen atoms in total. The van der Waals surface area contributed by atoms with E-state index in [0.29, 0.717) is 22.8 Å². The zero-order valence-electron chi connectivity index (χ0n) is 14.3. The molecule has 2 heterocycles. The molecule has 0 saturated carbocycles. The Balaban J connectivity index is 1.52. The summed E-state index contributed by atoms with van der Waals surface area (Å²) in [5, 5.41) is 2.74. The van der Waals surface area contributed by atoms with Gasteiger partial charge in [-0.25, -0.2) is 9.78 Å². The Morgan fingerprint density at radius 3 is 2.77 bits per heavy atom. The van der Waals surface area contributed by atoms with Crippen molar-refractivity contribution in [3.63, 3.8) is 0 Å². The van der Waals surface area contributed by atoms with Gasteiger partial charge in [0.05, 0.1) is 5.56 Å². The van der Waals surface area contributed by atoms with E-state index in [9.17, 15) is 9.59 Å². The largest absolute Gasteiger partial charge is 0.454 e. The van der Waals surface area contributed by atoms with Crippen LogP contribution in [0.4, 0.5) is 0 Å². The Labute approximate surface area is 155 Å². The number of nitrogens with zero attached hydrogens (tertiary/aromatic N) is 1. The van der Waals surface area contributed by atoms with Gasteiger partial charge < -0.3 is 19.5 Å². The Morgan fingerprint density at radius 1 is 1.23 bits per heavy atom. The van der Waals surface area contributed by atoms with Crippen LogP contribution >= 0.6 is 11.6 Å². The number of rotatable bonds is 5. The molecule has 26 heavy (non-hydrogen) atoms. The van der Waals surface area contributed by atoms with Crippen LogP contribution in [0.3, 0.4) is 0 Å². The van der Waals surface area contributed by atoms with Gasteiger partial charge in [-0.15, -0.1) is 0 Å². The number of carbonyl (C=O) groups excluding carboxylic acids is 2. The predicted octanol–water partition coefficient (Wildman–Crippen LogP) is 2.55. The van der Waals surface area contributed by atoms with Crippen LogP contribution in [0.5, 0.6) is 11.5 Å². The number of aryl methyl sites for hydroxylation is 2. The number of hydrogen-bond acceptors (Lipinski definition) is 6. The first-order chi connectivity index (χ1) is 12.4. The van der Waals surface area contributed by atoms with Crippen molar-refractivity contribution in [2.24, 2.45) is 0 Å². The molecular weight excluding hydrogens is 360 g/mol. The van der Waals surface area contributed by atoms with E-state index in [1.165, 1.54) is 0 Å². The second-order valence-electron chi connectivity index (χ2n) is 5.79. The van der Waals surface area contributed by atoms with Gasteiger partial charge in [-0.3, -0.25) is 4.79 Å². The molecular formula is C18H17ClN2O5. The molecule has 1 amide bonds. The standard InChI is InChI=1S/C18H17ClN2O5/c1-10-5-11(2)21-17(19)16(10)18(23)24-8-15(22)20-7-12-3-4-13-14(6-12)26-9-25-13/h3-6H,7-9H2,1-2H3,(H,20,22). The summed E-state index contributed by atoms with van der Waals surface area (Å²) in [6.45, 7) is 3.57. The zero-order chi connectivity index (χ0) is 18.7. The summed E-state index contributed by atoms with van der Waals surface area (Å²) in [6, 6.07) is 7.11. The number of hydrogen-bond donors (Lipinski definition) is 1. The van der Waals surface area contributed by atoms with Crippen LogP contribution in [-0.2, 0) is 16.1 Å². The van der Waals surface area contributed by atoms with Crippen LogP contribution in [0.15, 0.2) is 24.3 Å². The molecule has 0 bridgehead atoms. The van der Waals surface area contributed by atoms with Crippen molar-refractivity contribution >= 4 is 23.5 Å². The highest BCUT2D eigenvalue weighted by atomic mass is 35.5. The highest BCUT2D eigenvalue weighted by molar-refractivity contribution is 6.32. The smallest absolute Gasteiger partial charge is 0.342 e. The molecule has 0 aliphatic carbocycles. The van der Waals surface area contributed by atoms with Gasteiger partial charge in [-0.1, -0.05) is 17.7 Å². The van der Waals surface area contributed by atoms with E-state index < -0.39 is 18.5 Å². The summed E-state index contributed by atoms with van der Waals surface area (Å²) in [5.74, 6) is 0.205. The number of fused-ring (bicyclic) bond motifs is 1. The summed E-state index contributed by atoms with van der Waals surface area (Å²) in [4.78, 5) is 28.1. The molecule has 8 heteroatoms. The maximum atomic E-state index is 12.1. The lowest BCUT2D eigenvalue weighted by Crippen LogP contribution is -2.28. The molecule has 3 rings (SSSR count).